The van der Waals surface area contributed by atoms with E-state index in [4.69, 9.17) is 9.47 Å². The van der Waals surface area contributed by atoms with E-state index in [2.05, 4.69) is 23.1 Å². The Bertz CT molecular complexity index is 1180. The van der Waals surface area contributed by atoms with E-state index < -0.39 is 9.84 Å². The molecule has 0 unspecified atom stereocenters. The van der Waals surface area contributed by atoms with Crippen LogP contribution in [0.4, 0.5) is 5.69 Å². The van der Waals surface area contributed by atoms with E-state index in [1.807, 2.05) is 13.8 Å². The van der Waals surface area contributed by atoms with E-state index in [1.165, 1.54) is 17.8 Å². The lowest BCUT2D eigenvalue weighted by Gasteiger charge is -2.29. The van der Waals surface area contributed by atoms with Gasteiger partial charge in [-0.2, -0.15) is 0 Å². The quantitative estimate of drug-likeness (QED) is 0.689. The molecule has 3 aliphatic rings. The van der Waals surface area contributed by atoms with Crippen molar-refractivity contribution in [1.82, 2.24) is 4.90 Å². The summed E-state index contributed by atoms with van der Waals surface area (Å²) >= 11 is 0. The molecular formula is C24H28N2O5S. The van der Waals surface area contributed by atoms with E-state index in [0.717, 1.165) is 37.0 Å². The molecule has 2 fully saturated rings. The van der Waals surface area contributed by atoms with Crippen LogP contribution in [0.25, 0.3) is 0 Å². The van der Waals surface area contributed by atoms with Gasteiger partial charge < -0.3 is 19.3 Å². The van der Waals surface area contributed by atoms with Crippen molar-refractivity contribution < 1.29 is 22.7 Å². The summed E-state index contributed by atoms with van der Waals surface area (Å²) in [5.74, 6) is 0.180. The molecule has 2 saturated heterocycles. The lowest BCUT2D eigenvalue weighted by molar-refractivity contribution is 0.0745. The van der Waals surface area contributed by atoms with Crippen LogP contribution < -0.4 is 9.64 Å². The first-order valence-electron chi connectivity index (χ1n) is 11.0. The standard InChI is InChI=1S/C24H28N2O5S/c1-15(2)31-23-7-6-21(32(3,28)29)10-22(23)24(27)25-11-16-4-5-18(8-17(16)12-25)26-13-20-9-19(26)14-30-20/h4-8,10,15,19-20H,9,11-14H2,1-3H3/t19-,20+/m0/s1. The van der Waals surface area contributed by atoms with Crippen molar-refractivity contribution >= 4 is 21.4 Å². The van der Waals surface area contributed by atoms with Gasteiger partial charge in [0.1, 0.15) is 5.75 Å². The van der Waals surface area contributed by atoms with E-state index >= 15 is 0 Å². The van der Waals surface area contributed by atoms with Crippen LogP contribution in [0.2, 0.25) is 0 Å². The minimum Gasteiger partial charge on any atom is -0.490 e. The summed E-state index contributed by atoms with van der Waals surface area (Å²) in [5.41, 5.74) is 3.71. The number of morpholine rings is 1. The van der Waals surface area contributed by atoms with Gasteiger partial charge in [0.05, 0.1) is 35.3 Å². The summed E-state index contributed by atoms with van der Waals surface area (Å²) in [5, 5.41) is 0. The highest BCUT2D eigenvalue weighted by Crippen LogP contribution is 2.36. The number of carbonyl (C=O) groups excluding carboxylic acids is 1. The maximum Gasteiger partial charge on any atom is 0.258 e. The van der Waals surface area contributed by atoms with Crippen LogP contribution in [0.5, 0.6) is 5.75 Å². The molecule has 0 radical (unpaired) electrons. The summed E-state index contributed by atoms with van der Waals surface area (Å²) in [7, 11) is -3.44. The number of hydrogen-bond acceptors (Lipinski definition) is 6. The lowest BCUT2D eigenvalue weighted by atomic mass is 10.1. The zero-order valence-electron chi connectivity index (χ0n) is 18.6. The second-order valence-corrected chi connectivity index (χ2v) is 11.2. The summed E-state index contributed by atoms with van der Waals surface area (Å²) in [6.07, 6.45) is 2.41. The maximum atomic E-state index is 13.5. The average Bonchev–Trinajstić information content (AvgIpc) is 3.47. The molecular weight excluding hydrogens is 428 g/mol. The Morgan fingerprint density at radius 2 is 1.91 bits per heavy atom. The highest BCUT2D eigenvalue weighted by Gasteiger charge is 2.39. The van der Waals surface area contributed by atoms with Gasteiger partial charge in [-0.1, -0.05) is 6.07 Å². The number of sulfone groups is 1. The molecule has 5 rings (SSSR count). The van der Waals surface area contributed by atoms with Gasteiger partial charge in [-0.3, -0.25) is 4.79 Å². The van der Waals surface area contributed by atoms with E-state index in [0.29, 0.717) is 31.0 Å². The third-order valence-corrected chi connectivity index (χ3v) is 7.51. The molecule has 2 aromatic rings. The van der Waals surface area contributed by atoms with Crippen molar-refractivity contribution in [2.75, 3.05) is 24.3 Å². The Morgan fingerprint density at radius 3 is 2.56 bits per heavy atom. The Morgan fingerprint density at radius 1 is 1.12 bits per heavy atom. The molecule has 3 heterocycles. The number of benzene rings is 2. The SMILES string of the molecule is CC(C)Oc1ccc(S(C)(=O)=O)cc1C(=O)N1Cc2ccc(N3C[C@H]4C[C@H]3CO4)cc2C1. The molecule has 32 heavy (non-hydrogen) atoms. The molecule has 1 amide bonds. The summed E-state index contributed by atoms with van der Waals surface area (Å²) < 4.78 is 35.7. The number of ether oxygens (including phenoxy) is 2. The number of hydrogen-bond donors (Lipinski definition) is 0. The molecule has 170 valence electrons. The van der Waals surface area contributed by atoms with Crippen LogP contribution in [-0.4, -0.2) is 56.9 Å². The van der Waals surface area contributed by atoms with Gasteiger partial charge >= 0.3 is 0 Å². The molecule has 8 heteroatoms. The topological polar surface area (TPSA) is 76.2 Å². The van der Waals surface area contributed by atoms with Gasteiger partial charge in [-0.15, -0.1) is 0 Å². The number of fused-ring (bicyclic) bond motifs is 3. The van der Waals surface area contributed by atoms with Crippen LogP contribution in [0.3, 0.4) is 0 Å². The first-order chi connectivity index (χ1) is 15.2. The lowest BCUT2D eigenvalue weighted by Crippen LogP contribution is -2.36. The third kappa shape index (κ3) is 3.86. The number of carbonyl (C=O) groups is 1. The minimum absolute atomic E-state index is 0.113. The van der Waals surface area contributed by atoms with Crippen molar-refractivity contribution in [3.05, 3.63) is 53.1 Å². The molecule has 2 atom stereocenters. The zero-order chi connectivity index (χ0) is 22.6. The van der Waals surface area contributed by atoms with Crippen molar-refractivity contribution in [2.24, 2.45) is 0 Å². The van der Waals surface area contributed by atoms with Gasteiger partial charge in [0.2, 0.25) is 0 Å². The Hall–Kier alpha value is -2.58. The summed E-state index contributed by atoms with van der Waals surface area (Å²) in [6.45, 7) is 6.44. The van der Waals surface area contributed by atoms with E-state index in [9.17, 15) is 13.2 Å². The molecule has 3 aliphatic heterocycles. The Balaban J connectivity index is 1.41. The van der Waals surface area contributed by atoms with Crippen molar-refractivity contribution in [2.45, 2.75) is 56.5 Å². The van der Waals surface area contributed by atoms with Crippen molar-refractivity contribution in [3.63, 3.8) is 0 Å². The molecule has 0 aromatic heterocycles. The average molecular weight is 457 g/mol. The second kappa shape index (κ2) is 7.78. The van der Waals surface area contributed by atoms with Crippen LogP contribution in [0.15, 0.2) is 41.3 Å². The fourth-order valence-corrected chi connectivity index (χ4v) is 5.50. The number of amides is 1. The van der Waals surface area contributed by atoms with Crippen molar-refractivity contribution in [3.8, 4) is 5.75 Å². The van der Waals surface area contributed by atoms with Crippen LogP contribution in [-0.2, 0) is 27.7 Å². The molecule has 0 aliphatic carbocycles. The van der Waals surface area contributed by atoms with Crippen LogP contribution >= 0.6 is 0 Å². The molecule has 0 spiro atoms. The summed E-state index contributed by atoms with van der Waals surface area (Å²) in [6, 6.07) is 11.4. The first-order valence-corrected chi connectivity index (χ1v) is 12.9. The number of anilines is 1. The fourth-order valence-electron chi connectivity index (χ4n) is 4.85. The van der Waals surface area contributed by atoms with Gasteiger partial charge in [-0.05, 0) is 61.7 Å². The molecule has 2 bridgehead atoms. The second-order valence-electron chi connectivity index (χ2n) is 9.21. The smallest absolute Gasteiger partial charge is 0.258 e. The zero-order valence-corrected chi connectivity index (χ0v) is 19.4. The summed E-state index contributed by atoms with van der Waals surface area (Å²) in [4.78, 5) is 17.7. The van der Waals surface area contributed by atoms with E-state index in [-0.39, 0.29) is 22.5 Å². The highest BCUT2D eigenvalue weighted by molar-refractivity contribution is 7.90. The highest BCUT2D eigenvalue weighted by atomic mass is 32.2. The van der Waals surface area contributed by atoms with Gasteiger partial charge in [0, 0.05) is 31.6 Å². The largest absolute Gasteiger partial charge is 0.490 e. The molecule has 7 nitrogen and oxygen atoms in total. The molecule has 0 N–H and O–H groups in total. The molecule has 0 saturated carbocycles. The Kier molecular flexibility index (Phi) is 5.17. The molecule has 2 aromatic carbocycles. The predicted molar refractivity (Wildman–Crippen MR) is 121 cm³/mol. The predicted octanol–water partition coefficient (Wildman–Crippen LogP) is 3.01. The van der Waals surface area contributed by atoms with E-state index in [1.54, 1.807) is 11.0 Å². The monoisotopic (exact) mass is 456 g/mol. The maximum absolute atomic E-state index is 13.5. The fraction of sp³-hybridized carbons (Fsp3) is 0.458. The van der Waals surface area contributed by atoms with Gasteiger partial charge in [-0.25, -0.2) is 8.42 Å². The van der Waals surface area contributed by atoms with Crippen molar-refractivity contribution in [1.29, 1.82) is 0 Å². The van der Waals surface area contributed by atoms with Gasteiger partial charge in [0.15, 0.2) is 9.84 Å². The van der Waals surface area contributed by atoms with Gasteiger partial charge in [0.25, 0.3) is 5.91 Å². The Labute approximate surface area is 188 Å². The normalized spacial score (nSPS) is 22.0. The van der Waals surface area contributed by atoms with Crippen LogP contribution in [0.1, 0.15) is 41.8 Å². The third-order valence-electron chi connectivity index (χ3n) is 6.40. The minimum atomic E-state index is -3.44. The first kappa shape index (κ1) is 21.3. The number of rotatable bonds is 5. The van der Waals surface area contributed by atoms with Crippen LogP contribution in [0, 0.1) is 0 Å². The number of nitrogens with zero attached hydrogens (tertiary/aromatic N) is 2.